The van der Waals surface area contributed by atoms with Crippen molar-refractivity contribution in [1.82, 2.24) is 4.90 Å². The Balaban J connectivity index is 2.55. The van der Waals surface area contributed by atoms with E-state index in [-0.39, 0.29) is 5.97 Å². The Labute approximate surface area is 124 Å². The summed E-state index contributed by atoms with van der Waals surface area (Å²) in [6.45, 7) is 10.8. The normalized spacial score (nSPS) is 23.9. The van der Waals surface area contributed by atoms with Crippen molar-refractivity contribution in [3.63, 3.8) is 0 Å². The Morgan fingerprint density at radius 2 is 1.85 bits per heavy atom. The van der Waals surface area contributed by atoms with Crippen molar-refractivity contribution in [2.24, 2.45) is 11.1 Å². The van der Waals surface area contributed by atoms with Gasteiger partial charge < -0.3 is 15.4 Å². The fourth-order valence-electron chi connectivity index (χ4n) is 3.46. The highest BCUT2D eigenvalue weighted by Gasteiger charge is 2.36. The van der Waals surface area contributed by atoms with Gasteiger partial charge in [-0.25, -0.2) is 0 Å². The van der Waals surface area contributed by atoms with Gasteiger partial charge in [-0.1, -0.05) is 26.7 Å². The molecule has 2 unspecified atom stereocenters. The van der Waals surface area contributed by atoms with E-state index in [2.05, 4.69) is 25.7 Å². The Kier molecular flexibility index (Phi) is 6.02. The van der Waals surface area contributed by atoms with Crippen LogP contribution in [0.3, 0.4) is 0 Å². The molecule has 4 heteroatoms. The van der Waals surface area contributed by atoms with Crippen LogP contribution in [0.2, 0.25) is 0 Å². The van der Waals surface area contributed by atoms with Crippen LogP contribution < -0.4 is 5.73 Å². The van der Waals surface area contributed by atoms with Crippen molar-refractivity contribution < 1.29 is 9.53 Å². The predicted molar refractivity (Wildman–Crippen MR) is 82.5 cm³/mol. The highest BCUT2D eigenvalue weighted by molar-refractivity contribution is 5.79. The van der Waals surface area contributed by atoms with Crippen LogP contribution >= 0.6 is 0 Å². The molecule has 1 fully saturated rings. The largest absolute Gasteiger partial charge is 0.468 e. The zero-order chi connectivity index (χ0) is 15.4. The van der Waals surface area contributed by atoms with Gasteiger partial charge in [-0.3, -0.25) is 4.79 Å². The maximum atomic E-state index is 11.7. The molecular weight excluding hydrogens is 252 g/mol. The first-order valence-corrected chi connectivity index (χ1v) is 7.91. The molecule has 0 saturated carbocycles. The fourth-order valence-corrected chi connectivity index (χ4v) is 3.46. The summed E-state index contributed by atoms with van der Waals surface area (Å²) >= 11 is 0. The molecule has 2 atom stereocenters. The van der Waals surface area contributed by atoms with Crippen LogP contribution in [0.5, 0.6) is 0 Å². The first kappa shape index (κ1) is 17.4. The van der Waals surface area contributed by atoms with Gasteiger partial charge in [0.1, 0.15) is 5.54 Å². The van der Waals surface area contributed by atoms with Gasteiger partial charge in [0.15, 0.2) is 0 Å². The average molecular weight is 284 g/mol. The summed E-state index contributed by atoms with van der Waals surface area (Å²) in [5.41, 5.74) is 5.72. The van der Waals surface area contributed by atoms with Crippen LogP contribution in [0.4, 0.5) is 0 Å². The molecule has 0 aromatic heterocycles. The van der Waals surface area contributed by atoms with E-state index in [0.29, 0.717) is 17.9 Å². The van der Waals surface area contributed by atoms with Crippen molar-refractivity contribution in [3.05, 3.63) is 0 Å². The van der Waals surface area contributed by atoms with Crippen molar-refractivity contribution in [2.75, 3.05) is 20.2 Å². The molecule has 1 saturated heterocycles. The van der Waals surface area contributed by atoms with Crippen LogP contribution in [0.1, 0.15) is 59.8 Å². The monoisotopic (exact) mass is 284 g/mol. The Morgan fingerprint density at radius 1 is 1.35 bits per heavy atom. The lowest BCUT2D eigenvalue weighted by atomic mass is 9.74. The average Bonchev–Trinajstić information content (AvgIpc) is 2.45. The third-order valence-electron chi connectivity index (χ3n) is 5.35. The summed E-state index contributed by atoms with van der Waals surface area (Å²) in [7, 11) is 1.40. The molecular formula is C16H32N2O2. The van der Waals surface area contributed by atoms with E-state index in [1.165, 1.54) is 32.8 Å². The minimum Gasteiger partial charge on any atom is -0.468 e. The maximum Gasteiger partial charge on any atom is 0.325 e. The second-order valence-electron chi connectivity index (χ2n) is 6.71. The molecule has 1 rings (SSSR count). The number of ether oxygens (including phenoxy) is 1. The van der Waals surface area contributed by atoms with Gasteiger partial charge >= 0.3 is 5.97 Å². The molecule has 0 spiro atoms. The topological polar surface area (TPSA) is 55.6 Å². The van der Waals surface area contributed by atoms with Gasteiger partial charge in [-0.2, -0.15) is 0 Å². The number of carbonyl (C=O) groups excluding carboxylic acids is 1. The van der Waals surface area contributed by atoms with E-state index in [9.17, 15) is 4.79 Å². The molecule has 0 aromatic rings. The van der Waals surface area contributed by atoms with Crippen LogP contribution in [0.15, 0.2) is 0 Å². The van der Waals surface area contributed by atoms with E-state index >= 15 is 0 Å². The van der Waals surface area contributed by atoms with Crippen molar-refractivity contribution in [2.45, 2.75) is 71.4 Å². The number of hydrogen-bond acceptors (Lipinski definition) is 4. The Morgan fingerprint density at radius 3 is 2.25 bits per heavy atom. The zero-order valence-electron chi connectivity index (χ0n) is 13.9. The van der Waals surface area contributed by atoms with E-state index in [1.54, 1.807) is 6.92 Å². The molecule has 4 nitrogen and oxygen atoms in total. The second kappa shape index (κ2) is 6.90. The lowest BCUT2D eigenvalue weighted by Gasteiger charge is -2.44. The number of carbonyl (C=O) groups is 1. The van der Waals surface area contributed by atoms with Crippen molar-refractivity contribution in [1.29, 1.82) is 0 Å². The van der Waals surface area contributed by atoms with E-state index in [1.807, 2.05) is 0 Å². The van der Waals surface area contributed by atoms with Crippen LogP contribution in [-0.2, 0) is 9.53 Å². The maximum absolute atomic E-state index is 11.7. The summed E-state index contributed by atoms with van der Waals surface area (Å²) in [6.07, 6.45) is 5.68. The molecule has 2 N–H and O–H groups in total. The second-order valence-corrected chi connectivity index (χ2v) is 6.71. The first-order chi connectivity index (χ1) is 9.30. The number of nitrogens with two attached hydrogens (primary N) is 1. The van der Waals surface area contributed by atoms with Crippen molar-refractivity contribution in [3.8, 4) is 0 Å². The molecule has 1 heterocycles. The molecule has 0 bridgehead atoms. The molecule has 1 aliphatic heterocycles. The highest BCUT2D eigenvalue weighted by atomic mass is 16.5. The number of piperidine rings is 1. The van der Waals surface area contributed by atoms with Gasteiger partial charge in [0.05, 0.1) is 7.11 Å². The van der Waals surface area contributed by atoms with Gasteiger partial charge in [0, 0.05) is 6.04 Å². The minimum absolute atomic E-state index is 0.316. The lowest BCUT2D eigenvalue weighted by Crippen LogP contribution is -2.52. The molecule has 0 aromatic carbocycles. The summed E-state index contributed by atoms with van der Waals surface area (Å²) < 4.78 is 4.79. The SMILES string of the molecule is CCC1(CC)CCN(C(C)CC(C)(N)C(=O)OC)CC1. The van der Waals surface area contributed by atoms with Gasteiger partial charge in [0.2, 0.25) is 0 Å². The first-order valence-electron chi connectivity index (χ1n) is 7.91. The molecule has 118 valence electrons. The summed E-state index contributed by atoms with van der Waals surface area (Å²) in [4.78, 5) is 14.2. The fraction of sp³-hybridized carbons (Fsp3) is 0.938. The zero-order valence-corrected chi connectivity index (χ0v) is 13.9. The standard InChI is InChI=1S/C16H32N2O2/c1-6-16(7-2)8-10-18(11-9-16)13(3)12-15(4,17)14(19)20-5/h13H,6-12,17H2,1-5H3. The van der Waals surface area contributed by atoms with E-state index in [0.717, 1.165) is 13.1 Å². The van der Waals surface area contributed by atoms with Gasteiger partial charge in [-0.05, 0) is 51.6 Å². The third kappa shape index (κ3) is 3.95. The number of hydrogen-bond donors (Lipinski definition) is 1. The van der Waals surface area contributed by atoms with Gasteiger partial charge in [0.25, 0.3) is 0 Å². The van der Waals surface area contributed by atoms with Gasteiger partial charge in [-0.15, -0.1) is 0 Å². The molecule has 0 amide bonds. The van der Waals surface area contributed by atoms with E-state index in [4.69, 9.17) is 10.5 Å². The quantitative estimate of drug-likeness (QED) is 0.762. The van der Waals surface area contributed by atoms with E-state index < -0.39 is 5.54 Å². The number of likely N-dealkylation sites (tertiary alicyclic amines) is 1. The third-order valence-corrected chi connectivity index (χ3v) is 5.35. The van der Waals surface area contributed by atoms with Crippen LogP contribution in [-0.4, -0.2) is 42.6 Å². The number of esters is 1. The number of nitrogens with zero attached hydrogens (tertiary/aromatic N) is 1. The van der Waals surface area contributed by atoms with Crippen LogP contribution in [0, 0.1) is 5.41 Å². The van der Waals surface area contributed by atoms with Crippen LogP contribution in [0.25, 0.3) is 0 Å². The Bertz CT molecular complexity index is 314. The highest BCUT2D eigenvalue weighted by Crippen LogP contribution is 2.38. The minimum atomic E-state index is -0.891. The molecule has 0 aliphatic carbocycles. The Hall–Kier alpha value is -0.610. The lowest BCUT2D eigenvalue weighted by molar-refractivity contribution is -0.147. The van der Waals surface area contributed by atoms with Crippen molar-refractivity contribution >= 4 is 5.97 Å². The smallest absolute Gasteiger partial charge is 0.325 e. The number of methoxy groups -OCH3 is 1. The molecule has 0 radical (unpaired) electrons. The molecule has 1 aliphatic rings. The molecule has 20 heavy (non-hydrogen) atoms. The predicted octanol–water partition coefficient (Wildman–Crippen LogP) is 2.56. The summed E-state index contributed by atoms with van der Waals surface area (Å²) in [6, 6.07) is 0.316. The summed E-state index contributed by atoms with van der Waals surface area (Å²) in [5, 5.41) is 0. The number of rotatable bonds is 6. The summed E-state index contributed by atoms with van der Waals surface area (Å²) in [5.74, 6) is -0.321.